The van der Waals surface area contributed by atoms with Crippen molar-refractivity contribution in [3.63, 3.8) is 0 Å². The Morgan fingerprint density at radius 2 is 1.92 bits per heavy atom. The fourth-order valence-electron chi connectivity index (χ4n) is 1.53. The molecular formula is C9H21N3. The molecule has 1 aliphatic heterocycles. The van der Waals surface area contributed by atoms with Gasteiger partial charge in [0.2, 0.25) is 0 Å². The van der Waals surface area contributed by atoms with Crippen molar-refractivity contribution in [2.24, 2.45) is 0 Å². The first-order valence-electron chi connectivity index (χ1n) is 4.90. The van der Waals surface area contributed by atoms with Gasteiger partial charge in [-0.1, -0.05) is 0 Å². The molecule has 0 saturated carbocycles. The number of nitrogens with zero attached hydrogens (tertiary/aromatic N) is 1. The molecule has 0 atom stereocenters. The fourth-order valence-corrected chi connectivity index (χ4v) is 1.53. The first kappa shape index (κ1) is 9.96. The monoisotopic (exact) mass is 171 g/mol. The van der Waals surface area contributed by atoms with Crippen LogP contribution in [0.15, 0.2) is 0 Å². The largest absolute Gasteiger partial charge is 0.309 e. The molecule has 72 valence electrons. The summed E-state index contributed by atoms with van der Waals surface area (Å²) in [7, 11) is 4.25. The SMILES string of the molecule is CN(C)CCCC1NCCCN1. The Bertz CT molecular complexity index is 108. The molecule has 3 heteroatoms. The lowest BCUT2D eigenvalue weighted by molar-refractivity contribution is 0.319. The van der Waals surface area contributed by atoms with Gasteiger partial charge in [-0.3, -0.25) is 0 Å². The van der Waals surface area contributed by atoms with Gasteiger partial charge in [0.25, 0.3) is 0 Å². The molecule has 0 spiro atoms. The molecule has 0 bridgehead atoms. The number of hydrogen-bond donors (Lipinski definition) is 2. The van der Waals surface area contributed by atoms with Crippen LogP contribution in [0, 0.1) is 0 Å². The summed E-state index contributed by atoms with van der Waals surface area (Å²) in [5, 5.41) is 6.93. The van der Waals surface area contributed by atoms with Crippen molar-refractivity contribution in [2.75, 3.05) is 33.7 Å². The van der Waals surface area contributed by atoms with E-state index in [-0.39, 0.29) is 0 Å². The van der Waals surface area contributed by atoms with Crippen LogP contribution in [-0.2, 0) is 0 Å². The highest BCUT2D eigenvalue weighted by Gasteiger charge is 2.09. The Hall–Kier alpha value is -0.120. The predicted octanol–water partition coefficient (Wildman–Crippen LogP) is 0.237. The standard InChI is InChI=1S/C9H21N3/c1-12(2)8-3-5-9-10-6-4-7-11-9/h9-11H,3-8H2,1-2H3. The fraction of sp³-hybridized carbons (Fsp3) is 1.00. The van der Waals surface area contributed by atoms with E-state index >= 15 is 0 Å². The zero-order chi connectivity index (χ0) is 8.81. The van der Waals surface area contributed by atoms with E-state index in [0.717, 1.165) is 0 Å². The van der Waals surface area contributed by atoms with E-state index in [1.807, 2.05) is 0 Å². The molecule has 1 rings (SSSR count). The van der Waals surface area contributed by atoms with E-state index in [4.69, 9.17) is 0 Å². The summed E-state index contributed by atoms with van der Waals surface area (Å²) < 4.78 is 0. The first-order chi connectivity index (χ1) is 5.79. The van der Waals surface area contributed by atoms with Gasteiger partial charge in [-0.05, 0) is 53.0 Å². The quantitative estimate of drug-likeness (QED) is 0.634. The highest BCUT2D eigenvalue weighted by Crippen LogP contribution is 1.98. The van der Waals surface area contributed by atoms with Crippen molar-refractivity contribution in [3.8, 4) is 0 Å². The summed E-state index contributed by atoms with van der Waals surface area (Å²) in [4.78, 5) is 2.24. The van der Waals surface area contributed by atoms with E-state index in [2.05, 4.69) is 29.6 Å². The van der Waals surface area contributed by atoms with E-state index in [9.17, 15) is 0 Å². The van der Waals surface area contributed by atoms with Crippen LogP contribution in [0.3, 0.4) is 0 Å². The van der Waals surface area contributed by atoms with Crippen LogP contribution in [-0.4, -0.2) is 44.8 Å². The van der Waals surface area contributed by atoms with Crippen molar-refractivity contribution in [3.05, 3.63) is 0 Å². The zero-order valence-electron chi connectivity index (χ0n) is 8.27. The van der Waals surface area contributed by atoms with E-state index in [0.29, 0.717) is 6.17 Å². The maximum absolute atomic E-state index is 3.46. The van der Waals surface area contributed by atoms with E-state index in [1.54, 1.807) is 0 Å². The van der Waals surface area contributed by atoms with Crippen molar-refractivity contribution >= 4 is 0 Å². The highest BCUT2D eigenvalue weighted by atomic mass is 15.1. The van der Waals surface area contributed by atoms with Crippen molar-refractivity contribution in [1.29, 1.82) is 0 Å². The second kappa shape index (κ2) is 5.51. The molecule has 0 amide bonds. The van der Waals surface area contributed by atoms with Crippen molar-refractivity contribution in [2.45, 2.75) is 25.4 Å². The Morgan fingerprint density at radius 1 is 1.25 bits per heavy atom. The lowest BCUT2D eigenvalue weighted by atomic mass is 10.2. The second-order valence-electron chi connectivity index (χ2n) is 3.76. The van der Waals surface area contributed by atoms with Crippen LogP contribution in [0.5, 0.6) is 0 Å². The van der Waals surface area contributed by atoms with Gasteiger partial charge < -0.3 is 15.5 Å². The summed E-state index contributed by atoms with van der Waals surface area (Å²) >= 11 is 0. The summed E-state index contributed by atoms with van der Waals surface area (Å²) in [6.45, 7) is 3.55. The molecule has 1 aliphatic rings. The minimum absolute atomic E-state index is 0.568. The van der Waals surface area contributed by atoms with Gasteiger partial charge in [-0.25, -0.2) is 0 Å². The summed E-state index contributed by atoms with van der Waals surface area (Å²) in [6.07, 6.45) is 4.36. The van der Waals surface area contributed by atoms with Crippen LogP contribution in [0.2, 0.25) is 0 Å². The summed E-state index contributed by atoms with van der Waals surface area (Å²) in [6, 6.07) is 0. The average molecular weight is 171 g/mol. The van der Waals surface area contributed by atoms with Crippen LogP contribution >= 0.6 is 0 Å². The highest BCUT2D eigenvalue weighted by molar-refractivity contribution is 4.70. The third-order valence-corrected chi connectivity index (χ3v) is 2.23. The minimum atomic E-state index is 0.568. The lowest BCUT2D eigenvalue weighted by Crippen LogP contribution is -2.48. The topological polar surface area (TPSA) is 27.3 Å². The molecule has 2 N–H and O–H groups in total. The minimum Gasteiger partial charge on any atom is -0.309 e. The number of hydrogen-bond acceptors (Lipinski definition) is 3. The van der Waals surface area contributed by atoms with Gasteiger partial charge in [0.1, 0.15) is 0 Å². The number of rotatable bonds is 4. The Labute approximate surface area is 75.5 Å². The van der Waals surface area contributed by atoms with Gasteiger partial charge in [0.15, 0.2) is 0 Å². The van der Waals surface area contributed by atoms with Crippen LogP contribution < -0.4 is 10.6 Å². The Balaban J connectivity index is 1.98. The van der Waals surface area contributed by atoms with Crippen LogP contribution in [0.25, 0.3) is 0 Å². The van der Waals surface area contributed by atoms with E-state index < -0.39 is 0 Å². The molecule has 3 nitrogen and oxygen atoms in total. The molecule has 12 heavy (non-hydrogen) atoms. The number of nitrogens with one attached hydrogen (secondary N) is 2. The molecule has 0 aromatic heterocycles. The normalized spacial score (nSPS) is 20.2. The molecule has 1 heterocycles. The maximum atomic E-state index is 3.46. The molecule has 0 aliphatic carbocycles. The van der Waals surface area contributed by atoms with Crippen molar-refractivity contribution < 1.29 is 0 Å². The van der Waals surface area contributed by atoms with Gasteiger partial charge in [-0.2, -0.15) is 0 Å². The molecule has 0 aromatic rings. The second-order valence-corrected chi connectivity index (χ2v) is 3.76. The average Bonchev–Trinajstić information content (AvgIpc) is 2.05. The summed E-state index contributed by atoms with van der Waals surface area (Å²) in [5.41, 5.74) is 0. The molecular weight excluding hydrogens is 150 g/mol. The molecule has 1 fully saturated rings. The molecule has 0 aromatic carbocycles. The van der Waals surface area contributed by atoms with E-state index in [1.165, 1.54) is 38.9 Å². The Morgan fingerprint density at radius 3 is 2.50 bits per heavy atom. The third-order valence-electron chi connectivity index (χ3n) is 2.23. The zero-order valence-corrected chi connectivity index (χ0v) is 8.27. The molecule has 1 saturated heterocycles. The first-order valence-corrected chi connectivity index (χ1v) is 4.90. The predicted molar refractivity (Wildman–Crippen MR) is 52.2 cm³/mol. The van der Waals surface area contributed by atoms with Crippen LogP contribution in [0.4, 0.5) is 0 Å². The smallest absolute Gasteiger partial charge is 0.0572 e. The summed E-state index contributed by atoms with van der Waals surface area (Å²) in [5.74, 6) is 0. The molecule has 0 unspecified atom stereocenters. The van der Waals surface area contributed by atoms with Crippen LogP contribution in [0.1, 0.15) is 19.3 Å². The van der Waals surface area contributed by atoms with Gasteiger partial charge in [0, 0.05) is 0 Å². The lowest BCUT2D eigenvalue weighted by Gasteiger charge is -2.25. The van der Waals surface area contributed by atoms with Crippen molar-refractivity contribution in [1.82, 2.24) is 15.5 Å². The maximum Gasteiger partial charge on any atom is 0.0572 e. The van der Waals surface area contributed by atoms with Gasteiger partial charge >= 0.3 is 0 Å². The third kappa shape index (κ3) is 4.04. The van der Waals surface area contributed by atoms with Gasteiger partial charge in [0.05, 0.1) is 6.17 Å². The molecule has 0 radical (unpaired) electrons. The van der Waals surface area contributed by atoms with Gasteiger partial charge in [-0.15, -0.1) is 0 Å². The Kier molecular flexibility index (Phi) is 4.58.